The van der Waals surface area contributed by atoms with E-state index in [0.29, 0.717) is 11.5 Å². The zero-order chi connectivity index (χ0) is 13.7. The first-order chi connectivity index (χ1) is 9.74. The highest BCUT2D eigenvalue weighted by molar-refractivity contribution is 5.95. The smallest absolute Gasteiger partial charge is 0.207 e. The third-order valence-electron chi connectivity index (χ3n) is 3.31. The maximum Gasteiger partial charge on any atom is 0.207 e. The quantitative estimate of drug-likeness (QED) is 0.529. The van der Waals surface area contributed by atoms with Crippen molar-refractivity contribution < 1.29 is 4.52 Å². The summed E-state index contributed by atoms with van der Waals surface area (Å²) in [5.74, 6) is 1.32. The van der Waals surface area contributed by atoms with E-state index in [1.54, 1.807) is 4.52 Å². The molecule has 0 saturated carbocycles. The molecule has 0 fully saturated rings. The number of benzene rings is 1. The summed E-state index contributed by atoms with van der Waals surface area (Å²) in [4.78, 5) is 0. The van der Waals surface area contributed by atoms with Crippen LogP contribution < -0.4 is 0 Å². The molecule has 0 spiro atoms. The Morgan fingerprint density at radius 3 is 2.60 bits per heavy atom. The van der Waals surface area contributed by atoms with Gasteiger partial charge in [0.2, 0.25) is 5.82 Å². The summed E-state index contributed by atoms with van der Waals surface area (Å²) in [6, 6.07) is 9.85. The average Bonchev–Trinajstić information content (AvgIpc) is 3.05. The van der Waals surface area contributed by atoms with Crippen LogP contribution >= 0.6 is 0 Å². The first kappa shape index (κ1) is 11.1. The Morgan fingerprint density at radius 1 is 1.05 bits per heavy atom. The average molecular weight is 265 g/mol. The van der Waals surface area contributed by atoms with Crippen LogP contribution in [-0.2, 0) is 0 Å². The number of aryl methyl sites for hydroxylation is 2. The zero-order valence-corrected chi connectivity index (χ0v) is 11.0. The van der Waals surface area contributed by atoms with E-state index in [1.807, 2.05) is 44.2 Å². The van der Waals surface area contributed by atoms with Gasteiger partial charge >= 0.3 is 0 Å². The van der Waals surface area contributed by atoms with Crippen molar-refractivity contribution in [2.24, 2.45) is 0 Å². The molecule has 3 aromatic heterocycles. The van der Waals surface area contributed by atoms with Crippen LogP contribution in [0.15, 0.2) is 34.9 Å². The molecule has 0 amide bonds. The van der Waals surface area contributed by atoms with Gasteiger partial charge in [-0.15, -0.1) is 10.2 Å². The fourth-order valence-electron chi connectivity index (χ4n) is 2.37. The molecule has 6 heteroatoms. The second-order valence-electron chi connectivity index (χ2n) is 4.71. The lowest BCUT2D eigenvalue weighted by atomic mass is 10.1. The van der Waals surface area contributed by atoms with Crippen molar-refractivity contribution >= 4 is 16.4 Å². The number of rotatable bonds is 1. The van der Waals surface area contributed by atoms with Crippen LogP contribution in [-0.4, -0.2) is 25.0 Å². The summed E-state index contributed by atoms with van der Waals surface area (Å²) in [5, 5.41) is 19.1. The SMILES string of the molecule is Cc1cc(-c2nnc3c4ccccc4c(C)nn23)no1. The van der Waals surface area contributed by atoms with Crippen molar-refractivity contribution in [1.29, 1.82) is 0 Å². The molecule has 0 unspecified atom stereocenters. The Labute approximate surface area is 114 Å². The minimum Gasteiger partial charge on any atom is -0.361 e. The summed E-state index contributed by atoms with van der Waals surface area (Å²) in [6.07, 6.45) is 0. The summed E-state index contributed by atoms with van der Waals surface area (Å²) in [7, 11) is 0. The molecule has 3 heterocycles. The topological polar surface area (TPSA) is 69.1 Å². The molecular formula is C14H11N5O. The highest BCUT2D eigenvalue weighted by Gasteiger charge is 2.16. The molecule has 0 aliphatic carbocycles. The molecule has 0 radical (unpaired) electrons. The Kier molecular flexibility index (Phi) is 2.14. The van der Waals surface area contributed by atoms with Gasteiger partial charge in [0.25, 0.3) is 0 Å². The molecule has 1 aromatic carbocycles. The van der Waals surface area contributed by atoms with Crippen LogP contribution in [0.5, 0.6) is 0 Å². The van der Waals surface area contributed by atoms with Crippen LogP contribution in [0.2, 0.25) is 0 Å². The Hall–Kier alpha value is -2.76. The second kappa shape index (κ2) is 3.86. The van der Waals surface area contributed by atoms with Crippen LogP contribution in [0.4, 0.5) is 0 Å². The van der Waals surface area contributed by atoms with E-state index in [2.05, 4.69) is 20.5 Å². The normalized spacial score (nSPS) is 11.5. The van der Waals surface area contributed by atoms with E-state index in [1.165, 1.54) is 0 Å². The van der Waals surface area contributed by atoms with Crippen LogP contribution in [0.3, 0.4) is 0 Å². The molecule has 0 aliphatic heterocycles. The van der Waals surface area contributed by atoms with Gasteiger partial charge in [-0.2, -0.15) is 9.61 Å². The molecule has 4 rings (SSSR count). The summed E-state index contributed by atoms with van der Waals surface area (Å²) >= 11 is 0. The number of nitrogens with zero attached hydrogens (tertiary/aromatic N) is 5. The monoisotopic (exact) mass is 265 g/mol. The molecule has 20 heavy (non-hydrogen) atoms. The van der Waals surface area contributed by atoms with Crippen molar-refractivity contribution in [2.45, 2.75) is 13.8 Å². The minimum atomic E-state index is 0.589. The van der Waals surface area contributed by atoms with Gasteiger partial charge in [-0.1, -0.05) is 29.4 Å². The molecule has 6 nitrogen and oxygen atoms in total. The third kappa shape index (κ3) is 1.45. The van der Waals surface area contributed by atoms with Gasteiger partial charge in [0, 0.05) is 16.8 Å². The van der Waals surface area contributed by atoms with Crippen LogP contribution in [0.25, 0.3) is 27.9 Å². The van der Waals surface area contributed by atoms with Crippen molar-refractivity contribution in [3.05, 3.63) is 41.8 Å². The van der Waals surface area contributed by atoms with E-state index in [0.717, 1.165) is 27.9 Å². The Morgan fingerprint density at radius 2 is 1.85 bits per heavy atom. The van der Waals surface area contributed by atoms with Gasteiger partial charge in [-0.05, 0) is 13.8 Å². The largest absolute Gasteiger partial charge is 0.361 e. The molecule has 98 valence electrons. The number of aromatic nitrogens is 5. The van der Waals surface area contributed by atoms with E-state index in [4.69, 9.17) is 4.52 Å². The highest BCUT2D eigenvalue weighted by atomic mass is 16.5. The Bertz CT molecular complexity index is 937. The van der Waals surface area contributed by atoms with Crippen molar-refractivity contribution in [1.82, 2.24) is 25.0 Å². The van der Waals surface area contributed by atoms with E-state index < -0.39 is 0 Å². The minimum absolute atomic E-state index is 0.589. The summed E-state index contributed by atoms with van der Waals surface area (Å²) in [5.41, 5.74) is 2.29. The van der Waals surface area contributed by atoms with Gasteiger partial charge in [0.15, 0.2) is 11.3 Å². The molecule has 0 atom stereocenters. The third-order valence-corrected chi connectivity index (χ3v) is 3.31. The van der Waals surface area contributed by atoms with Crippen LogP contribution in [0.1, 0.15) is 11.5 Å². The predicted molar refractivity (Wildman–Crippen MR) is 73.3 cm³/mol. The van der Waals surface area contributed by atoms with Crippen molar-refractivity contribution in [2.75, 3.05) is 0 Å². The molecule has 0 bridgehead atoms. The van der Waals surface area contributed by atoms with E-state index >= 15 is 0 Å². The first-order valence-corrected chi connectivity index (χ1v) is 6.28. The zero-order valence-electron chi connectivity index (χ0n) is 11.0. The summed E-state index contributed by atoms with van der Waals surface area (Å²) < 4.78 is 6.81. The molecule has 4 aromatic rings. The molecule has 0 saturated heterocycles. The summed E-state index contributed by atoms with van der Waals surface area (Å²) in [6.45, 7) is 3.81. The fourth-order valence-corrected chi connectivity index (χ4v) is 2.37. The van der Waals surface area contributed by atoms with Gasteiger partial charge < -0.3 is 4.52 Å². The molecule has 0 aliphatic rings. The van der Waals surface area contributed by atoms with Crippen molar-refractivity contribution in [3.63, 3.8) is 0 Å². The molecule has 0 N–H and O–H groups in total. The number of fused-ring (bicyclic) bond motifs is 3. The number of hydrogen-bond acceptors (Lipinski definition) is 5. The predicted octanol–water partition coefficient (Wildman–Crippen LogP) is 2.55. The first-order valence-electron chi connectivity index (χ1n) is 6.28. The second-order valence-corrected chi connectivity index (χ2v) is 4.71. The lowest BCUT2D eigenvalue weighted by molar-refractivity contribution is 0.399. The van der Waals surface area contributed by atoms with E-state index in [9.17, 15) is 0 Å². The van der Waals surface area contributed by atoms with E-state index in [-0.39, 0.29) is 0 Å². The van der Waals surface area contributed by atoms with Crippen LogP contribution in [0, 0.1) is 13.8 Å². The lowest BCUT2D eigenvalue weighted by Crippen LogP contribution is -1.98. The van der Waals surface area contributed by atoms with Gasteiger partial charge in [0.1, 0.15) is 5.76 Å². The van der Waals surface area contributed by atoms with Gasteiger partial charge in [-0.25, -0.2) is 0 Å². The highest BCUT2D eigenvalue weighted by Crippen LogP contribution is 2.24. The fraction of sp³-hybridized carbons (Fsp3) is 0.143. The Balaban J connectivity index is 2.11. The lowest BCUT2D eigenvalue weighted by Gasteiger charge is -2.03. The van der Waals surface area contributed by atoms with Crippen molar-refractivity contribution in [3.8, 4) is 11.5 Å². The maximum absolute atomic E-state index is 5.10. The standard InChI is InChI=1S/C14H11N5O/c1-8-7-12(18-20-8)14-16-15-13-11-6-4-3-5-10(11)9(2)17-19(13)14/h3-7H,1-2H3. The maximum atomic E-state index is 5.10. The van der Waals surface area contributed by atoms with Gasteiger partial charge in [0.05, 0.1) is 5.69 Å². The molecular weight excluding hydrogens is 254 g/mol. The van der Waals surface area contributed by atoms with Gasteiger partial charge in [-0.3, -0.25) is 0 Å². The number of hydrogen-bond donors (Lipinski definition) is 0.